The number of nitrogens with zero attached hydrogens (tertiary/aromatic N) is 4. The molecule has 0 radical (unpaired) electrons. The molecule has 0 aliphatic heterocycles. The average molecular weight is 494 g/mol. The highest BCUT2D eigenvalue weighted by molar-refractivity contribution is 5.93. The van der Waals surface area contributed by atoms with Crippen LogP contribution in [0.4, 0.5) is 19.1 Å². The zero-order valence-corrected chi connectivity index (χ0v) is 18.7. The molecule has 0 fully saturated rings. The second kappa shape index (κ2) is 9.13. The Hall–Kier alpha value is -4.74. The third kappa shape index (κ3) is 4.24. The van der Waals surface area contributed by atoms with E-state index in [2.05, 4.69) is 29.9 Å². The number of H-pyrrole nitrogens is 1. The first-order valence-corrected chi connectivity index (χ1v) is 10.8. The highest BCUT2D eigenvalue weighted by Gasteiger charge is 2.20. The van der Waals surface area contributed by atoms with Gasteiger partial charge in [0.15, 0.2) is 11.5 Å². The van der Waals surface area contributed by atoms with Crippen LogP contribution in [0, 0.1) is 24.4 Å². The quantitative estimate of drug-likeness (QED) is 0.371. The van der Waals surface area contributed by atoms with Crippen molar-refractivity contribution in [2.45, 2.75) is 13.3 Å². The summed E-state index contributed by atoms with van der Waals surface area (Å²) < 4.78 is 48.6. The summed E-state index contributed by atoms with van der Waals surface area (Å²) in [5.41, 5.74) is 0.0542. The largest absolute Gasteiger partial charge is 0.438 e. The molecule has 5 aromatic rings. The van der Waals surface area contributed by atoms with E-state index in [-0.39, 0.29) is 30.4 Å². The van der Waals surface area contributed by atoms with Gasteiger partial charge in [0.25, 0.3) is 5.56 Å². The number of aromatic amines is 1. The molecular weight excluding hydrogens is 477 g/mol. The zero-order chi connectivity index (χ0) is 25.4. The maximum Gasteiger partial charge on any atom is 0.438 e. The number of anilines is 1. The van der Waals surface area contributed by atoms with Gasteiger partial charge in [0, 0.05) is 30.0 Å². The number of aromatic nitrogens is 5. The Labute approximate surface area is 200 Å². The van der Waals surface area contributed by atoms with Crippen molar-refractivity contribution < 1.29 is 17.7 Å². The molecule has 0 aliphatic carbocycles. The summed E-state index contributed by atoms with van der Waals surface area (Å²) in [6.07, 6.45) is 0.238. The summed E-state index contributed by atoms with van der Waals surface area (Å²) >= 11 is 0. The summed E-state index contributed by atoms with van der Waals surface area (Å²) in [5, 5.41) is 6.86. The number of aryl methyl sites for hydroxylation is 1. The van der Waals surface area contributed by atoms with Crippen molar-refractivity contribution in [1.29, 1.82) is 0 Å². The summed E-state index contributed by atoms with van der Waals surface area (Å²) in [5.74, 6) is -2.73. The molecule has 5 rings (SSSR count). The van der Waals surface area contributed by atoms with Crippen LogP contribution in [0.1, 0.15) is 11.4 Å². The first kappa shape index (κ1) is 23.0. The van der Waals surface area contributed by atoms with Gasteiger partial charge in [-0.05, 0) is 48.9 Å². The van der Waals surface area contributed by atoms with Gasteiger partial charge in [0.1, 0.15) is 23.1 Å². The van der Waals surface area contributed by atoms with E-state index in [1.807, 2.05) is 0 Å². The molecule has 3 heterocycles. The van der Waals surface area contributed by atoms with Crippen molar-refractivity contribution in [2.24, 2.45) is 0 Å². The van der Waals surface area contributed by atoms with Crippen molar-refractivity contribution in [3.63, 3.8) is 0 Å². The summed E-state index contributed by atoms with van der Waals surface area (Å²) in [6, 6.07) is 9.98. The van der Waals surface area contributed by atoms with Crippen molar-refractivity contribution in [2.75, 3.05) is 11.9 Å². The maximum absolute atomic E-state index is 14.7. The molecule has 9 nitrogen and oxygen atoms in total. The van der Waals surface area contributed by atoms with E-state index in [1.54, 1.807) is 6.92 Å². The fraction of sp³-hybridized carbons (Fsp3) is 0.125. The lowest BCUT2D eigenvalue weighted by Crippen LogP contribution is -2.22. The molecule has 0 amide bonds. The molecule has 2 N–H and O–H groups in total. The van der Waals surface area contributed by atoms with Crippen molar-refractivity contribution in [3.8, 4) is 16.9 Å². The lowest BCUT2D eigenvalue weighted by atomic mass is 10.0. The van der Waals surface area contributed by atoms with Gasteiger partial charge in [-0.15, -0.1) is 0 Å². The zero-order valence-electron chi connectivity index (χ0n) is 18.7. The lowest BCUT2D eigenvalue weighted by Gasteiger charge is -2.16. The third-order valence-electron chi connectivity index (χ3n) is 5.49. The van der Waals surface area contributed by atoms with E-state index in [9.17, 15) is 22.8 Å². The van der Waals surface area contributed by atoms with Gasteiger partial charge >= 0.3 is 5.76 Å². The van der Waals surface area contributed by atoms with Crippen molar-refractivity contribution >= 4 is 17.0 Å². The van der Waals surface area contributed by atoms with Gasteiger partial charge in [-0.1, -0.05) is 11.2 Å². The summed E-state index contributed by atoms with van der Waals surface area (Å²) in [4.78, 5) is 35.3. The molecule has 12 heteroatoms. The number of rotatable bonds is 6. The molecule has 0 saturated heterocycles. The second-order valence-corrected chi connectivity index (χ2v) is 7.89. The first-order chi connectivity index (χ1) is 17.3. The van der Waals surface area contributed by atoms with E-state index >= 15 is 0 Å². The number of hydrogen-bond acceptors (Lipinski definition) is 7. The molecule has 36 heavy (non-hydrogen) atoms. The Morgan fingerprint density at radius 2 is 1.81 bits per heavy atom. The van der Waals surface area contributed by atoms with Crippen LogP contribution in [-0.4, -0.2) is 31.2 Å². The lowest BCUT2D eigenvalue weighted by molar-refractivity contribution is 0.381. The highest BCUT2D eigenvalue weighted by Crippen LogP contribution is 2.31. The standard InChI is InChI=1S/C24H17F3N6O3/c1-12-11-13(25)5-6-14(12)20-15-7-8-19(34)33(21-16(26)3-2-4-17(21)27)22(15)31-23(30-20)28-10-9-18-29-24(35)36-32-18/h2-8,11H,9-10H2,1H3,(H,28,30,31)(H,29,32,35). The number of hydrogen-bond donors (Lipinski definition) is 2. The monoisotopic (exact) mass is 494 g/mol. The van der Waals surface area contributed by atoms with Crippen LogP contribution in [-0.2, 0) is 6.42 Å². The van der Waals surface area contributed by atoms with E-state index in [0.29, 0.717) is 22.2 Å². The van der Waals surface area contributed by atoms with Crippen LogP contribution in [0.15, 0.2) is 62.6 Å². The number of halogens is 3. The van der Waals surface area contributed by atoms with Crippen molar-refractivity contribution in [3.05, 3.63) is 98.3 Å². The minimum Gasteiger partial charge on any atom is -0.354 e. The predicted molar refractivity (Wildman–Crippen MR) is 124 cm³/mol. The van der Waals surface area contributed by atoms with Crippen LogP contribution in [0.5, 0.6) is 0 Å². The van der Waals surface area contributed by atoms with Crippen LogP contribution in [0.3, 0.4) is 0 Å². The number of nitrogens with one attached hydrogen (secondary N) is 2. The smallest absolute Gasteiger partial charge is 0.354 e. The van der Waals surface area contributed by atoms with Crippen LogP contribution in [0.2, 0.25) is 0 Å². The molecule has 0 spiro atoms. The molecule has 0 atom stereocenters. The molecule has 3 aromatic heterocycles. The fourth-order valence-corrected chi connectivity index (χ4v) is 3.87. The van der Waals surface area contributed by atoms with E-state index in [1.165, 1.54) is 30.3 Å². The molecule has 182 valence electrons. The SMILES string of the molecule is Cc1cc(F)ccc1-c1nc(NCCc2noc(=O)[nH]2)nc2c1ccc(=O)n2-c1c(F)cccc1F. The minimum absolute atomic E-state index is 0.0307. The Morgan fingerprint density at radius 1 is 1.03 bits per heavy atom. The van der Waals surface area contributed by atoms with E-state index < -0.39 is 34.5 Å². The van der Waals surface area contributed by atoms with Gasteiger partial charge in [-0.3, -0.25) is 18.9 Å². The molecular formula is C24H17F3N6O3. The Balaban J connectivity index is 1.72. The van der Waals surface area contributed by atoms with Gasteiger partial charge in [0.2, 0.25) is 5.95 Å². The van der Waals surface area contributed by atoms with Crippen molar-refractivity contribution in [1.82, 2.24) is 24.7 Å². The number of pyridine rings is 1. The Morgan fingerprint density at radius 3 is 2.50 bits per heavy atom. The Kier molecular flexibility index (Phi) is 5.84. The third-order valence-corrected chi connectivity index (χ3v) is 5.49. The Bertz CT molecular complexity index is 1710. The number of fused-ring (bicyclic) bond motifs is 1. The first-order valence-electron chi connectivity index (χ1n) is 10.8. The van der Waals surface area contributed by atoms with E-state index in [0.717, 1.165) is 22.8 Å². The van der Waals surface area contributed by atoms with Gasteiger partial charge in [-0.25, -0.2) is 22.9 Å². The predicted octanol–water partition coefficient (Wildman–Crippen LogP) is 3.50. The van der Waals surface area contributed by atoms with Gasteiger partial charge in [0.05, 0.1) is 5.69 Å². The normalized spacial score (nSPS) is 11.2. The summed E-state index contributed by atoms with van der Waals surface area (Å²) in [6.45, 7) is 1.88. The van der Waals surface area contributed by atoms with Gasteiger partial charge in [-0.2, -0.15) is 4.98 Å². The van der Waals surface area contributed by atoms with Crippen LogP contribution >= 0.6 is 0 Å². The second-order valence-electron chi connectivity index (χ2n) is 7.89. The number of benzene rings is 2. The topological polar surface area (TPSA) is 119 Å². The minimum atomic E-state index is -0.952. The van der Waals surface area contributed by atoms with Crippen LogP contribution in [0.25, 0.3) is 28.0 Å². The number of para-hydroxylation sites is 1. The molecule has 0 aliphatic rings. The average Bonchev–Trinajstić information content (AvgIpc) is 3.25. The molecule has 2 aromatic carbocycles. The van der Waals surface area contributed by atoms with Gasteiger partial charge < -0.3 is 5.32 Å². The summed E-state index contributed by atoms with van der Waals surface area (Å²) in [7, 11) is 0. The molecule has 0 saturated carbocycles. The molecule has 0 unspecified atom stereocenters. The van der Waals surface area contributed by atoms with Crippen LogP contribution < -0.4 is 16.6 Å². The maximum atomic E-state index is 14.7. The highest BCUT2D eigenvalue weighted by atomic mass is 19.1. The molecule has 0 bridgehead atoms. The van der Waals surface area contributed by atoms with E-state index in [4.69, 9.17) is 0 Å². The fourth-order valence-electron chi connectivity index (χ4n) is 3.87.